The maximum absolute atomic E-state index is 9.55. The van der Waals surface area contributed by atoms with Crippen molar-refractivity contribution in [1.29, 1.82) is 0 Å². The molecule has 3 atom stereocenters. The lowest BCUT2D eigenvalue weighted by Gasteiger charge is -2.22. The van der Waals surface area contributed by atoms with Crippen LogP contribution in [0.1, 0.15) is 35.7 Å². The molecule has 6 heteroatoms. The standard InChI is InChI=1S/C15H17N3O3/c19-11-6-12(16-7-11)15-17-14(18-21-15)10-5-9-3-1-2-4-13(9)20-8-10/h1-4,10-12,16,19H,5-8H2/t10?,11-,12-/m0/s1. The highest BCUT2D eigenvalue weighted by Crippen LogP contribution is 2.32. The number of ether oxygens (including phenoxy) is 1. The molecule has 1 aromatic carbocycles. The monoisotopic (exact) mass is 287 g/mol. The van der Waals surface area contributed by atoms with Crippen molar-refractivity contribution in [2.75, 3.05) is 13.2 Å². The van der Waals surface area contributed by atoms with Gasteiger partial charge in [-0.2, -0.15) is 4.98 Å². The van der Waals surface area contributed by atoms with Gasteiger partial charge in [-0.3, -0.25) is 0 Å². The second-order valence-electron chi connectivity index (χ2n) is 5.66. The van der Waals surface area contributed by atoms with Crippen molar-refractivity contribution in [3.05, 3.63) is 41.5 Å². The highest BCUT2D eigenvalue weighted by Gasteiger charge is 2.30. The highest BCUT2D eigenvalue weighted by atomic mass is 16.5. The number of benzene rings is 1. The van der Waals surface area contributed by atoms with Crippen LogP contribution < -0.4 is 10.1 Å². The van der Waals surface area contributed by atoms with Gasteiger partial charge < -0.3 is 19.7 Å². The molecule has 1 aromatic heterocycles. The van der Waals surface area contributed by atoms with E-state index in [-0.39, 0.29) is 18.1 Å². The Kier molecular flexibility index (Phi) is 3.12. The van der Waals surface area contributed by atoms with Gasteiger partial charge in [-0.1, -0.05) is 23.4 Å². The summed E-state index contributed by atoms with van der Waals surface area (Å²) in [5.74, 6) is 2.30. The second kappa shape index (κ2) is 5.13. The number of aliphatic hydroxyl groups excluding tert-OH is 1. The topological polar surface area (TPSA) is 80.4 Å². The van der Waals surface area contributed by atoms with E-state index in [1.165, 1.54) is 5.56 Å². The van der Waals surface area contributed by atoms with E-state index in [1.807, 2.05) is 18.2 Å². The van der Waals surface area contributed by atoms with Gasteiger partial charge in [-0.15, -0.1) is 0 Å². The Bertz CT molecular complexity index is 643. The molecule has 2 aromatic rings. The molecule has 2 aliphatic rings. The van der Waals surface area contributed by atoms with Crippen molar-refractivity contribution < 1.29 is 14.4 Å². The molecule has 3 heterocycles. The molecule has 0 amide bonds. The Morgan fingerprint density at radius 1 is 1.29 bits per heavy atom. The number of aromatic nitrogens is 2. The Morgan fingerprint density at radius 3 is 3.05 bits per heavy atom. The van der Waals surface area contributed by atoms with Gasteiger partial charge in [0.2, 0.25) is 5.89 Å². The van der Waals surface area contributed by atoms with Gasteiger partial charge in [0.1, 0.15) is 5.75 Å². The normalized spacial score (nSPS) is 28.1. The van der Waals surface area contributed by atoms with E-state index in [9.17, 15) is 5.11 Å². The molecule has 1 fully saturated rings. The number of aliphatic hydroxyl groups is 1. The largest absolute Gasteiger partial charge is 0.493 e. The average Bonchev–Trinajstić information content (AvgIpc) is 3.15. The summed E-state index contributed by atoms with van der Waals surface area (Å²) < 4.78 is 11.1. The number of hydrogen-bond acceptors (Lipinski definition) is 6. The van der Waals surface area contributed by atoms with Crippen molar-refractivity contribution >= 4 is 0 Å². The fourth-order valence-corrected chi connectivity index (χ4v) is 2.95. The van der Waals surface area contributed by atoms with Gasteiger partial charge in [-0.25, -0.2) is 0 Å². The van der Waals surface area contributed by atoms with E-state index in [2.05, 4.69) is 21.5 Å². The molecular formula is C15H17N3O3. The van der Waals surface area contributed by atoms with E-state index < -0.39 is 0 Å². The molecule has 110 valence electrons. The third-order valence-electron chi connectivity index (χ3n) is 4.11. The van der Waals surface area contributed by atoms with E-state index >= 15 is 0 Å². The molecular weight excluding hydrogens is 270 g/mol. The zero-order valence-corrected chi connectivity index (χ0v) is 11.5. The first-order valence-corrected chi connectivity index (χ1v) is 7.25. The van der Waals surface area contributed by atoms with Gasteiger partial charge in [0.15, 0.2) is 5.82 Å². The SMILES string of the molecule is O[C@@H]1CN[C@H](c2nc(C3COc4ccccc4C3)no2)C1. The maximum Gasteiger partial charge on any atom is 0.243 e. The summed E-state index contributed by atoms with van der Waals surface area (Å²) >= 11 is 0. The molecule has 4 rings (SSSR count). The fourth-order valence-electron chi connectivity index (χ4n) is 2.95. The van der Waals surface area contributed by atoms with Crippen LogP contribution in [0.25, 0.3) is 0 Å². The van der Waals surface area contributed by atoms with Crippen LogP contribution in [0.3, 0.4) is 0 Å². The third kappa shape index (κ3) is 2.41. The van der Waals surface area contributed by atoms with Gasteiger partial charge >= 0.3 is 0 Å². The number of nitrogens with zero attached hydrogens (tertiary/aromatic N) is 2. The number of fused-ring (bicyclic) bond motifs is 1. The Hall–Kier alpha value is -1.92. The fraction of sp³-hybridized carbons (Fsp3) is 0.467. The van der Waals surface area contributed by atoms with Gasteiger partial charge in [-0.05, 0) is 24.5 Å². The summed E-state index contributed by atoms with van der Waals surface area (Å²) in [5, 5.41) is 16.8. The van der Waals surface area contributed by atoms with Crippen molar-refractivity contribution in [1.82, 2.24) is 15.5 Å². The first kappa shape index (κ1) is 12.8. The zero-order valence-electron chi connectivity index (χ0n) is 11.5. The van der Waals surface area contributed by atoms with E-state index in [1.54, 1.807) is 0 Å². The molecule has 0 radical (unpaired) electrons. The smallest absolute Gasteiger partial charge is 0.243 e. The van der Waals surface area contributed by atoms with Gasteiger partial charge in [0, 0.05) is 6.54 Å². The van der Waals surface area contributed by atoms with E-state index in [0.29, 0.717) is 31.3 Å². The molecule has 2 aliphatic heterocycles. The van der Waals surface area contributed by atoms with Crippen molar-refractivity contribution in [2.24, 2.45) is 0 Å². The minimum Gasteiger partial charge on any atom is -0.493 e. The Morgan fingerprint density at radius 2 is 2.19 bits per heavy atom. The summed E-state index contributed by atoms with van der Waals surface area (Å²) in [4.78, 5) is 4.49. The van der Waals surface area contributed by atoms with Crippen LogP contribution >= 0.6 is 0 Å². The minimum atomic E-state index is -0.338. The van der Waals surface area contributed by atoms with Crippen LogP contribution in [0.2, 0.25) is 0 Å². The van der Waals surface area contributed by atoms with Crippen LogP contribution in [-0.2, 0) is 6.42 Å². The predicted octanol–water partition coefficient (Wildman–Crippen LogP) is 1.18. The predicted molar refractivity (Wildman–Crippen MR) is 74.0 cm³/mol. The lowest BCUT2D eigenvalue weighted by molar-refractivity contribution is 0.191. The number of β-amino-alcohol motifs (C(OH)–C–C–N with tert-alkyl or cyclic N) is 1. The highest BCUT2D eigenvalue weighted by molar-refractivity contribution is 5.36. The van der Waals surface area contributed by atoms with Crippen LogP contribution in [0.4, 0.5) is 0 Å². The van der Waals surface area contributed by atoms with Crippen molar-refractivity contribution in [2.45, 2.75) is 30.9 Å². The molecule has 6 nitrogen and oxygen atoms in total. The van der Waals surface area contributed by atoms with Crippen LogP contribution in [-0.4, -0.2) is 34.5 Å². The summed E-state index contributed by atoms with van der Waals surface area (Å²) in [7, 11) is 0. The van der Waals surface area contributed by atoms with Crippen molar-refractivity contribution in [3.8, 4) is 5.75 Å². The van der Waals surface area contributed by atoms with Gasteiger partial charge in [0.05, 0.1) is 24.7 Å². The average molecular weight is 287 g/mol. The quantitative estimate of drug-likeness (QED) is 0.863. The summed E-state index contributed by atoms with van der Waals surface area (Å²) in [6, 6.07) is 7.99. The molecule has 1 unspecified atom stereocenters. The lowest BCUT2D eigenvalue weighted by atomic mass is 9.96. The summed E-state index contributed by atoms with van der Waals surface area (Å²) in [6.07, 6.45) is 1.14. The van der Waals surface area contributed by atoms with Crippen LogP contribution in [0.5, 0.6) is 5.75 Å². The zero-order chi connectivity index (χ0) is 14.2. The van der Waals surface area contributed by atoms with Crippen LogP contribution in [0, 0.1) is 0 Å². The van der Waals surface area contributed by atoms with E-state index in [0.717, 1.165) is 12.2 Å². The molecule has 21 heavy (non-hydrogen) atoms. The summed E-state index contributed by atoms with van der Waals surface area (Å²) in [5.41, 5.74) is 1.18. The molecule has 2 N–H and O–H groups in total. The van der Waals surface area contributed by atoms with Crippen molar-refractivity contribution in [3.63, 3.8) is 0 Å². The number of nitrogens with one attached hydrogen (secondary N) is 1. The van der Waals surface area contributed by atoms with Crippen LogP contribution in [0.15, 0.2) is 28.8 Å². The molecule has 1 saturated heterocycles. The Labute approximate surface area is 122 Å². The molecule has 0 saturated carbocycles. The lowest BCUT2D eigenvalue weighted by Crippen LogP contribution is -2.20. The number of para-hydroxylation sites is 1. The second-order valence-corrected chi connectivity index (χ2v) is 5.66. The summed E-state index contributed by atoms with van der Waals surface area (Å²) in [6.45, 7) is 1.14. The third-order valence-corrected chi connectivity index (χ3v) is 4.11. The molecule has 0 bridgehead atoms. The first-order chi connectivity index (χ1) is 10.3. The molecule has 0 aliphatic carbocycles. The van der Waals surface area contributed by atoms with E-state index in [4.69, 9.17) is 9.26 Å². The first-order valence-electron chi connectivity index (χ1n) is 7.25. The van der Waals surface area contributed by atoms with Gasteiger partial charge in [0.25, 0.3) is 0 Å². The number of rotatable bonds is 2. The number of hydrogen-bond donors (Lipinski definition) is 2. The minimum absolute atomic E-state index is 0.0435. The molecule has 0 spiro atoms. The maximum atomic E-state index is 9.55. The Balaban J connectivity index is 1.52.